The summed E-state index contributed by atoms with van der Waals surface area (Å²) in [4.78, 5) is 11.9. The Labute approximate surface area is 121 Å². The Hall–Kier alpha value is -2.76. The average Bonchev–Trinajstić information content (AvgIpc) is 2.45. The predicted octanol–water partition coefficient (Wildman–Crippen LogP) is 2.36. The molecule has 0 aromatic heterocycles. The van der Waals surface area contributed by atoms with Gasteiger partial charge in [-0.3, -0.25) is 0 Å². The average molecular weight is 290 g/mol. The van der Waals surface area contributed by atoms with Gasteiger partial charge in [-0.15, -0.1) is 0 Å². The molecule has 110 valence electrons. The molecule has 5 nitrogen and oxygen atoms in total. The van der Waals surface area contributed by atoms with Crippen molar-refractivity contribution >= 4 is 17.3 Å². The van der Waals surface area contributed by atoms with Crippen molar-refractivity contribution in [2.75, 3.05) is 18.6 Å². The Balaban J connectivity index is 2.05. The summed E-state index contributed by atoms with van der Waals surface area (Å²) in [5, 5.41) is 0. The Morgan fingerprint density at radius 1 is 1.19 bits per heavy atom. The van der Waals surface area contributed by atoms with Gasteiger partial charge in [0.05, 0.1) is 12.7 Å². The van der Waals surface area contributed by atoms with E-state index in [1.54, 1.807) is 12.1 Å². The Morgan fingerprint density at radius 2 is 1.95 bits per heavy atom. The lowest BCUT2D eigenvalue weighted by Gasteiger charge is -2.08. The molecule has 2 aromatic rings. The highest BCUT2D eigenvalue weighted by Gasteiger charge is 2.12. The van der Waals surface area contributed by atoms with Crippen LogP contribution in [0.5, 0.6) is 5.75 Å². The second-order valence-corrected chi connectivity index (χ2v) is 4.39. The van der Waals surface area contributed by atoms with Crippen LogP contribution >= 0.6 is 0 Å². The van der Waals surface area contributed by atoms with Crippen LogP contribution in [0.1, 0.15) is 15.9 Å². The molecule has 2 aromatic carbocycles. The van der Waals surface area contributed by atoms with Crippen LogP contribution in [-0.2, 0) is 11.3 Å². The minimum absolute atomic E-state index is 0.0659. The van der Waals surface area contributed by atoms with E-state index in [0.29, 0.717) is 11.3 Å². The van der Waals surface area contributed by atoms with Crippen LogP contribution in [0.15, 0.2) is 36.4 Å². The van der Waals surface area contributed by atoms with Crippen LogP contribution in [0.4, 0.5) is 15.8 Å². The highest BCUT2D eigenvalue weighted by molar-refractivity contribution is 5.95. The zero-order valence-electron chi connectivity index (χ0n) is 11.4. The molecule has 4 N–H and O–H groups in total. The van der Waals surface area contributed by atoms with E-state index in [1.165, 1.54) is 31.4 Å². The normalized spacial score (nSPS) is 10.2. The van der Waals surface area contributed by atoms with Gasteiger partial charge in [0.2, 0.25) is 0 Å². The van der Waals surface area contributed by atoms with Crippen LogP contribution < -0.4 is 16.2 Å². The Bertz CT molecular complexity index is 674. The van der Waals surface area contributed by atoms with Gasteiger partial charge in [0, 0.05) is 11.4 Å². The van der Waals surface area contributed by atoms with Gasteiger partial charge in [-0.2, -0.15) is 0 Å². The maximum absolute atomic E-state index is 13.5. The minimum atomic E-state index is -0.594. The molecule has 0 spiro atoms. The largest absolute Gasteiger partial charge is 0.494 e. The fourth-order valence-corrected chi connectivity index (χ4v) is 1.79. The molecular weight excluding hydrogens is 275 g/mol. The van der Waals surface area contributed by atoms with Gasteiger partial charge in [0.15, 0.2) is 11.6 Å². The third kappa shape index (κ3) is 3.42. The first-order valence-electron chi connectivity index (χ1n) is 6.16. The van der Waals surface area contributed by atoms with Gasteiger partial charge >= 0.3 is 5.97 Å². The molecule has 0 aliphatic carbocycles. The van der Waals surface area contributed by atoms with Crippen LogP contribution in [0.2, 0.25) is 0 Å². The summed E-state index contributed by atoms with van der Waals surface area (Å²) in [6, 6.07) is 8.85. The molecule has 0 heterocycles. The SMILES string of the molecule is COc1ccc(COC(=O)c2ccc(N)cc2N)cc1F. The van der Waals surface area contributed by atoms with Gasteiger partial charge in [-0.25, -0.2) is 9.18 Å². The molecule has 0 amide bonds. The Kier molecular flexibility index (Phi) is 4.27. The maximum Gasteiger partial charge on any atom is 0.340 e. The number of carbonyl (C=O) groups is 1. The number of anilines is 2. The minimum Gasteiger partial charge on any atom is -0.494 e. The van der Waals surface area contributed by atoms with Crippen LogP contribution in [-0.4, -0.2) is 13.1 Å². The summed E-state index contributed by atoms with van der Waals surface area (Å²) in [7, 11) is 1.38. The van der Waals surface area contributed by atoms with E-state index in [2.05, 4.69) is 0 Å². The molecule has 0 radical (unpaired) electrons. The number of rotatable bonds is 4. The number of ether oxygens (including phenoxy) is 2. The first-order chi connectivity index (χ1) is 10.0. The van der Waals surface area contributed by atoms with Crippen LogP contribution in [0, 0.1) is 5.82 Å². The zero-order valence-corrected chi connectivity index (χ0v) is 11.4. The van der Waals surface area contributed by atoms with Gasteiger partial charge in [-0.1, -0.05) is 6.07 Å². The molecule has 21 heavy (non-hydrogen) atoms. The van der Waals surface area contributed by atoms with Crippen LogP contribution in [0.25, 0.3) is 0 Å². The predicted molar refractivity (Wildman–Crippen MR) is 77.3 cm³/mol. The first-order valence-corrected chi connectivity index (χ1v) is 6.16. The van der Waals surface area contributed by atoms with Crippen molar-refractivity contribution in [1.29, 1.82) is 0 Å². The van der Waals surface area contributed by atoms with Crippen molar-refractivity contribution < 1.29 is 18.7 Å². The number of hydrogen-bond acceptors (Lipinski definition) is 5. The molecule has 6 heteroatoms. The smallest absolute Gasteiger partial charge is 0.340 e. The molecule has 0 aliphatic rings. The van der Waals surface area contributed by atoms with E-state index >= 15 is 0 Å². The fraction of sp³-hybridized carbons (Fsp3) is 0.133. The number of nitrogen functional groups attached to an aromatic ring is 2. The molecule has 0 unspecified atom stereocenters. The lowest BCUT2D eigenvalue weighted by atomic mass is 10.1. The summed E-state index contributed by atoms with van der Waals surface area (Å²) in [5.41, 5.74) is 12.7. The lowest BCUT2D eigenvalue weighted by molar-refractivity contribution is 0.0473. The standard InChI is InChI=1S/C15H15FN2O3/c1-20-14-5-2-9(6-12(14)16)8-21-15(19)11-4-3-10(17)7-13(11)18/h2-7H,8,17-18H2,1H3. The van der Waals surface area contributed by atoms with Gasteiger partial charge < -0.3 is 20.9 Å². The van der Waals surface area contributed by atoms with E-state index in [1.807, 2.05) is 0 Å². The van der Waals surface area contributed by atoms with E-state index < -0.39 is 11.8 Å². The van der Waals surface area contributed by atoms with Gasteiger partial charge in [0.25, 0.3) is 0 Å². The van der Waals surface area contributed by atoms with Crippen LogP contribution in [0.3, 0.4) is 0 Å². The molecule has 0 bridgehead atoms. The maximum atomic E-state index is 13.5. The quantitative estimate of drug-likeness (QED) is 0.666. The summed E-state index contributed by atoms with van der Waals surface area (Å²) in [6.45, 7) is -0.0659. The lowest BCUT2D eigenvalue weighted by Crippen LogP contribution is -2.09. The van der Waals surface area contributed by atoms with Gasteiger partial charge in [0.1, 0.15) is 6.61 Å². The van der Waals surface area contributed by atoms with Crippen molar-refractivity contribution in [2.24, 2.45) is 0 Å². The first kappa shape index (κ1) is 14.6. The molecule has 0 atom stereocenters. The van der Waals surface area contributed by atoms with Crippen molar-refractivity contribution in [3.05, 3.63) is 53.3 Å². The third-order valence-corrected chi connectivity index (χ3v) is 2.88. The molecule has 0 saturated heterocycles. The monoisotopic (exact) mass is 290 g/mol. The number of esters is 1. The van der Waals surface area contributed by atoms with Crippen molar-refractivity contribution in [1.82, 2.24) is 0 Å². The Morgan fingerprint density at radius 3 is 2.57 bits per heavy atom. The number of halogens is 1. The molecular formula is C15H15FN2O3. The van der Waals surface area contributed by atoms with E-state index in [0.717, 1.165) is 0 Å². The number of benzene rings is 2. The number of hydrogen-bond donors (Lipinski definition) is 2. The topological polar surface area (TPSA) is 87.6 Å². The van der Waals surface area contributed by atoms with E-state index in [-0.39, 0.29) is 23.6 Å². The van der Waals surface area contributed by atoms with E-state index in [4.69, 9.17) is 20.9 Å². The molecule has 0 fully saturated rings. The number of carbonyl (C=O) groups excluding carboxylic acids is 1. The molecule has 0 aliphatic heterocycles. The summed E-state index contributed by atoms with van der Waals surface area (Å²) < 4.78 is 23.4. The highest BCUT2D eigenvalue weighted by Crippen LogP contribution is 2.20. The summed E-state index contributed by atoms with van der Waals surface area (Å²) in [6.07, 6.45) is 0. The summed E-state index contributed by atoms with van der Waals surface area (Å²) >= 11 is 0. The van der Waals surface area contributed by atoms with E-state index in [9.17, 15) is 9.18 Å². The van der Waals surface area contributed by atoms with Crippen molar-refractivity contribution in [2.45, 2.75) is 6.61 Å². The summed E-state index contributed by atoms with van der Waals surface area (Å²) in [5.74, 6) is -0.977. The number of nitrogens with two attached hydrogens (primary N) is 2. The van der Waals surface area contributed by atoms with Gasteiger partial charge in [-0.05, 0) is 35.9 Å². The third-order valence-electron chi connectivity index (χ3n) is 2.88. The molecule has 0 saturated carbocycles. The molecule has 2 rings (SSSR count). The second kappa shape index (κ2) is 6.13. The van der Waals surface area contributed by atoms with Crippen molar-refractivity contribution in [3.63, 3.8) is 0 Å². The second-order valence-electron chi connectivity index (χ2n) is 4.39. The van der Waals surface area contributed by atoms with Crippen molar-refractivity contribution in [3.8, 4) is 5.75 Å². The fourth-order valence-electron chi connectivity index (χ4n) is 1.79. The highest BCUT2D eigenvalue weighted by atomic mass is 19.1. The zero-order chi connectivity index (χ0) is 15.4. The number of methoxy groups -OCH3 is 1.